The van der Waals surface area contributed by atoms with Crippen LogP contribution in [-0.4, -0.2) is 11.1 Å². The van der Waals surface area contributed by atoms with Gasteiger partial charge < -0.3 is 9.84 Å². The summed E-state index contributed by atoms with van der Waals surface area (Å²) in [6, 6.07) is 12.0. The highest BCUT2D eigenvalue weighted by Crippen LogP contribution is 2.17. The van der Waals surface area contributed by atoms with Gasteiger partial charge in [-0.1, -0.05) is 30.3 Å². The summed E-state index contributed by atoms with van der Waals surface area (Å²) in [5, 5.41) is 8.54. The van der Waals surface area contributed by atoms with Gasteiger partial charge in [0.25, 0.3) is 0 Å². The number of rotatable bonds is 5. The first kappa shape index (κ1) is 14.8. The number of carboxylic acid groups (broad SMARTS) is 1. The van der Waals surface area contributed by atoms with Crippen LogP contribution in [0.5, 0.6) is 5.75 Å². The largest absolute Gasteiger partial charge is 0.489 e. The molecule has 0 bridgehead atoms. The number of benzene rings is 2. The number of aryl methyl sites for hydroxylation is 1. The van der Waals surface area contributed by atoms with Gasteiger partial charge in [0.2, 0.25) is 0 Å². The van der Waals surface area contributed by atoms with Crippen molar-refractivity contribution < 1.29 is 19.0 Å². The Kier molecular flexibility index (Phi) is 4.72. The zero-order chi connectivity index (χ0) is 15.2. The average Bonchev–Trinajstić information content (AvgIpc) is 2.47. The molecule has 4 heteroatoms. The Hall–Kier alpha value is -2.62. The second-order valence-corrected chi connectivity index (χ2v) is 4.61. The fourth-order valence-corrected chi connectivity index (χ4v) is 1.72. The van der Waals surface area contributed by atoms with Gasteiger partial charge in [-0.3, -0.25) is 0 Å². The normalized spacial score (nSPS) is 10.8. The molecular weight excluding hydrogens is 271 g/mol. The molecule has 0 saturated carbocycles. The van der Waals surface area contributed by atoms with Gasteiger partial charge in [0.15, 0.2) is 0 Å². The zero-order valence-electron chi connectivity index (χ0n) is 11.5. The SMILES string of the molecule is Cc1ccc(OCc2ccc(/C=C/C(=O)O)cc2)cc1F. The Morgan fingerprint density at radius 2 is 1.95 bits per heavy atom. The van der Waals surface area contributed by atoms with E-state index < -0.39 is 5.97 Å². The van der Waals surface area contributed by atoms with E-state index in [2.05, 4.69) is 0 Å². The minimum Gasteiger partial charge on any atom is -0.489 e. The molecule has 0 spiro atoms. The summed E-state index contributed by atoms with van der Waals surface area (Å²) >= 11 is 0. The van der Waals surface area contributed by atoms with E-state index >= 15 is 0 Å². The van der Waals surface area contributed by atoms with E-state index in [-0.39, 0.29) is 5.82 Å². The van der Waals surface area contributed by atoms with Crippen LogP contribution in [0.1, 0.15) is 16.7 Å². The molecule has 0 aliphatic carbocycles. The van der Waals surface area contributed by atoms with Gasteiger partial charge in [0.1, 0.15) is 18.2 Å². The Labute approximate surface area is 122 Å². The van der Waals surface area contributed by atoms with E-state index in [9.17, 15) is 9.18 Å². The van der Waals surface area contributed by atoms with Crippen molar-refractivity contribution in [2.24, 2.45) is 0 Å². The van der Waals surface area contributed by atoms with Crippen LogP contribution in [0.15, 0.2) is 48.5 Å². The van der Waals surface area contributed by atoms with Crippen molar-refractivity contribution in [2.45, 2.75) is 13.5 Å². The molecule has 3 nitrogen and oxygen atoms in total. The summed E-state index contributed by atoms with van der Waals surface area (Å²) in [6.45, 7) is 2.02. The van der Waals surface area contributed by atoms with Gasteiger partial charge in [0.05, 0.1) is 0 Å². The molecule has 0 radical (unpaired) electrons. The van der Waals surface area contributed by atoms with Crippen LogP contribution in [0.4, 0.5) is 4.39 Å². The second kappa shape index (κ2) is 6.70. The summed E-state index contributed by atoms with van der Waals surface area (Å²) in [4.78, 5) is 10.4. The van der Waals surface area contributed by atoms with Gasteiger partial charge in [-0.25, -0.2) is 9.18 Å². The lowest BCUT2D eigenvalue weighted by Gasteiger charge is -2.07. The van der Waals surface area contributed by atoms with Crippen LogP contribution < -0.4 is 4.74 Å². The number of hydrogen-bond acceptors (Lipinski definition) is 2. The van der Waals surface area contributed by atoms with Crippen molar-refractivity contribution in [1.29, 1.82) is 0 Å². The molecule has 0 aliphatic heterocycles. The number of aliphatic carboxylic acids is 1. The van der Waals surface area contributed by atoms with E-state index in [4.69, 9.17) is 9.84 Å². The highest BCUT2D eigenvalue weighted by Gasteiger charge is 2.01. The Balaban J connectivity index is 1.97. The number of ether oxygens (including phenoxy) is 1. The number of carbonyl (C=O) groups is 1. The average molecular weight is 286 g/mol. The number of hydrogen-bond donors (Lipinski definition) is 1. The molecule has 0 atom stereocenters. The van der Waals surface area contributed by atoms with E-state index in [1.54, 1.807) is 31.2 Å². The van der Waals surface area contributed by atoms with E-state index in [1.807, 2.05) is 12.1 Å². The summed E-state index contributed by atoms with van der Waals surface area (Å²) in [5.41, 5.74) is 2.29. The maximum atomic E-state index is 13.4. The maximum Gasteiger partial charge on any atom is 0.328 e. The molecule has 21 heavy (non-hydrogen) atoms. The van der Waals surface area contributed by atoms with Crippen molar-refractivity contribution in [3.63, 3.8) is 0 Å². The lowest BCUT2D eigenvalue weighted by molar-refractivity contribution is -0.131. The maximum absolute atomic E-state index is 13.4. The summed E-state index contributed by atoms with van der Waals surface area (Å²) in [6.07, 6.45) is 2.60. The number of carboxylic acids is 1. The lowest BCUT2D eigenvalue weighted by Crippen LogP contribution is -1.96. The van der Waals surface area contributed by atoms with E-state index in [0.717, 1.165) is 17.2 Å². The smallest absolute Gasteiger partial charge is 0.328 e. The first-order valence-electron chi connectivity index (χ1n) is 6.43. The topological polar surface area (TPSA) is 46.5 Å². The predicted molar refractivity (Wildman–Crippen MR) is 78.6 cm³/mol. The van der Waals surface area contributed by atoms with Crippen LogP contribution in [0, 0.1) is 12.7 Å². The Bertz CT molecular complexity index is 660. The summed E-state index contributed by atoms with van der Waals surface area (Å²) < 4.78 is 18.9. The van der Waals surface area contributed by atoms with Gasteiger partial charge >= 0.3 is 5.97 Å². The molecule has 0 fully saturated rings. The van der Waals surface area contributed by atoms with Crippen LogP contribution in [0.3, 0.4) is 0 Å². The molecule has 0 aromatic heterocycles. The van der Waals surface area contributed by atoms with Crippen LogP contribution in [0.25, 0.3) is 6.08 Å². The van der Waals surface area contributed by atoms with Crippen LogP contribution in [0.2, 0.25) is 0 Å². The molecule has 2 aromatic rings. The molecule has 0 amide bonds. The molecule has 2 rings (SSSR count). The van der Waals surface area contributed by atoms with Crippen molar-refractivity contribution >= 4 is 12.0 Å². The van der Waals surface area contributed by atoms with Crippen LogP contribution >= 0.6 is 0 Å². The standard InChI is InChI=1S/C17H15FO3/c1-12-2-8-15(10-16(12)18)21-11-14-5-3-13(4-6-14)7-9-17(19)20/h2-10H,11H2,1H3,(H,19,20)/b9-7+. The van der Waals surface area contributed by atoms with Gasteiger partial charge in [-0.15, -0.1) is 0 Å². The lowest BCUT2D eigenvalue weighted by atomic mass is 10.1. The molecule has 0 saturated heterocycles. The van der Waals surface area contributed by atoms with Crippen molar-refractivity contribution in [3.8, 4) is 5.75 Å². The van der Waals surface area contributed by atoms with E-state index in [1.165, 1.54) is 12.1 Å². The van der Waals surface area contributed by atoms with Crippen LogP contribution in [-0.2, 0) is 11.4 Å². The van der Waals surface area contributed by atoms with Crippen molar-refractivity contribution in [3.05, 3.63) is 71.0 Å². The quantitative estimate of drug-likeness (QED) is 0.850. The minimum atomic E-state index is -0.983. The molecule has 0 aliphatic rings. The van der Waals surface area contributed by atoms with Crippen molar-refractivity contribution in [2.75, 3.05) is 0 Å². The Morgan fingerprint density at radius 1 is 1.24 bits per heavy atom. The highest BCUT2D eigenvalue weighted by atomic mass is 19.1. The predicted octanol–water partition coefficient (Wildman–Crippen LogP) is 3.81. The molecule has 2 aromatic carbocycles. The molecular formula is C17H15FO3. The first-order valence-corrected chi connectivity index (χ1v) is 6.43. The van der Waals surface area contributed by atoms with Crippen molar-refractivity contribution in [1.82, 2.24) is 0 Å². The summed E-state index contributed by atoms with van der Waals surface area (Å²) in [5.74, 6) is -0.793. The first-order chi connectivity index (χ1) is 10.0. The van der Waals surface area contributed by atoms with Gasteiger partial charge in [-0.2, -0.15) is 0 Å². The molecule has 108 valence electrons. The van der Waals surface area contributed by atoms with E-state index in [0.29, 0.717) is 17.9 Å². The molecule has 1 N–H and O–H groups in total. The third-order valence-electron chi connectivity index (χ3n) is 2.95. The molecule has 0 unspecified atom stereocenters. The monoisotopic (exact) mass is 286 g/mol. The zero-order valence-corrected chi connectivity index (χ0v) is 11.5. The fourth-order valence-electron chi connectivity index (χ4n) is 1.72. The second-order valence-electron chi connectivity index (χ2n) is 4.61. The number of halogens is 1. The fraction of sp³-hybridized carbons (Fsp3) is 0.118. The molecule has 0 heterocycles. The van der Waals surface area contributed by atoms with Gasteiger partial charge in [0, 0.05) is 12.1 Å². The third kappa shape index (κ3) is 4.45. The Morgan fingerprint density at radius 3 is 2.57 bits per heavy atom. The highest BCUT2D eigenvalue weighted by molar-refractivity contribution is 5.85. The minimum absolute atomic E-state index is 0.290. The third-order valence-corrected chi connectivity index (χ3v) is 2.95. The van der Waals surface area contributed by atoms with Gasteiger partial charge in [-0.05, 0) is 35.8 Å². The summed E-state index contributed by atoms with van der Waals surface area (Å²) in [7, 11) is 0.